The number of carbonyl (C=O) groups is 2. The lowest BCUT2D eigenvalue weighted by atomic mass is 10.1. The molecule has 0 aromatic heterocycles. The molecule has 0 spiro atoms. The Balaban J connectivity index is 1.68. The third-order valence-corrected chi connectivity index (χ3v) is 9.09. The molecule has 2 amide bonds. The van der Waals surface area contributed by atoms with Crippen LogP contribution in [0.15, 0.2) is 77.7 Å². The summed E-state index contributed by atoms with van der Waals surface area (Å²) in [7, 11) is -4.24. The summed E-state index contributed by atoms with van der Waals surface area (Å²) in [4.78, 5) is 28.5. The van der Waals surface area contributed by atoms with Gasteiger partial charge in [-0.15, -0.1) is 0 Å². The highest BCUT2D eigenvalue weighted by Gasteiger charge is 2.33. The molecule has 1 aliphatic rings. The molecule has 1 saturated carbocycles. The zero-order valence-electron chi connectivity index (χ0n) is 23.1. The first kappa shape index (κ1) is 29.3. The summed E-state index contributed by atoms with van der Waals surface area (Å²) in [5, 5.41) is 3.06. The number of nitrogens with zero attached hydrogens (tertiary/aromatic N) is 2. The molecule has 0 bridgehead atoms. The van der Waals surface area contributed by atoms with Gasteiger partial charge in [-0.3, -0.25) is 13.9 Å². The Bertz CT molecular complexity index is 1440. The third-order valence-electron chi connectivity index (χ3n) is 7.31. The molecule has 0 radical (unpaired) electrons. The minimum absolute atomic E-state index is 0.0776. The summed E-state index contributed by atoms with van der Waals surface area (Å²) in [6, 6.07) is 18.2. The number of sulfonamides is 1. The molecule has 212 valence electrons. The molecular weight excluding hydrogens is 529 g/mol. The van der Waals surface area contributed by atoms with Gasteiger partial charge in [0.1, 0.15) is 18.4 Å². The number of carbonyl (C=O) groups excluding carboxylic acids is 2. The zero-order chi connectivity index (χ0) is 28.9. The first-order valence-corrected chi connectivity index (χ1v) is 15.0. The van der Waals surface area contributed by atoms with E-state index in [-0.39, 0.29) is 23.4 Å². The van der Waals surface area contributed by atoms with Gasteiger partial charge in [-0.05, 0) is 75.6 Å². The second kappa shape index (κ2) is 12.6. The van der Waals surface area contributed by atoms with Crippen molar-refractivity contribution in [2.45, 2.75) is 70.0 Å². The van der Waals surface area contributed by atoms with Gasteiger partial charge in [0.2, 0.25) is 11.8 Å². The van der Waals surface area contributed by atoms with Crippen LogP contribution in [-0.2, 0) is 26.2 Å². The van der Waals surface area contributed by atoms with Crippen molar-refractivity contribution in [3.63, 3.8) is 0 Å². The molecular formula is C31H36FN3O4S. The molecule has 0 saturated heterocycles. The monoisotopic (exact) mass is 565 g/mol. The highest BCUT2D eigenvalue weighted by molar-refractivity contribution is 7.92. The molecule has 9 heteroatoms. The number of aryl methyl sites for hydroxylation is 2. The minimum atomic E-state index is -4.24. The molecule has 4 rings (SSSR count). The minimum Gasteiger partial charge on any atom is -0.352 e. The largest absolute Gasteiger partial charge is 0.352 e. The molecule has 7 nitrogen and oxygen atoms in total. The van der Waals surface area contributed by atoms with Crippen molar-refractivity contribution in [1.82, 2.24) is 10.2 Å². The normalized spacial score (nSPS) is 14.5. The van der Waals surface area contributed by atoms with Gasteiger partial charge in [-0.25, -0.2) is 12.8 Å². The maximum absolute atomic E-state index is 14.0. The Hall–Kier alpha value is -3.72. The van der Waals surface area contributed by atoms with Gasteiger partial charge in [0, 0.05) is 12.6 Å². The van der Waals surface area contributed by atoms with E-state index in [9.17, 15) is 22.4 Å². The average Bonchev–Trinajstić information content (AvgIpc) is 3.44. The number of nitrogens with one attached hydrogen (secondary N) is 1. The van der Waals surface area contributed by atoms with Crippen LogP contribution >= 0.6 is 0 Å². The van der Waals surface area contributed by atoms with Crippen molar-refractivity contribution < 1.29 is 22.4 Å². The number of amides is 2. The lowest BCUT2D eigenvalue weighted by Gasteiger charge is -2.32. The van der Waals surface area contributed by atoms with Gasteiger partial charge in [-0.2, -0.15) is 0 Å². The lowest BCUT2D eigenvalue weighted by Crippen LogP contribution is -2.52. The van der Waals surface area contributed by atoms with E-state index in [0.29, 0.717) is 5.69 Å². The van der Waals surface area contributed by atoms with Gasteiger partial charge in [0.05, 0.1) is 10.6 Å². The standard InChI is InChI=1S/C31H36FN3O4S/c1-22-11-15-28(16-12-22)35(40(38,39)29-17-13-26(32)14-18-29)21-30(36)34(20-25-8-6-7-23(2)19-25)24(3)31(37)33-27-9-4-5-10-27/h6-8,11-19,24,27H,4-5,9-10,20-21H2,1-3H3,(H,33,37). The van der Waals surface area contributed by atoms with E-state index >= 15 is 0 Å². The van der Waals surface area contributed by atoms with Crippen LogP contribution in [0, 0.1) is 19.7 Å². The molecule has 1 N–H and O–H groups in total. The first-order valence-electron chi connectivity index (χ1n) is 13.5. The number of halogens is 1. The Morgan fingerprint density at radius 2 is 1.60 bits per heavy atom. The molecule has 1 unspecified atom stereocenters. The highest BCUT2D eigenvalue weighted by atomic mass is 32.2. The van der Waals surface area contributed by atoms with Crippen LogP contribution < -0.4 is 9.62 Å². The van der Waals surface area contributed by atoms with Gasteiger partial charge in [-0.1, -0.05) is 60.4 Å². The van der Waals surface area contributed by atoms with Crippen molar-refractivity contribution in [2.75, 3.05) is 10.8 Å². The number of anilines is 1. The van der Waals surface area contributed by atoms with Crippen LogP contribution in [0.5, 0.6) is 0 Å². The van der Waals surface area contributed by atoms with Crippen LogP contribution in [0.2, 0.25) is 0 Å². The predicted molar refractivity (Wildman–Crippen MR) is 154 cm³/mol. The summed E-state index contributed by atoms with van der Waals surface area (Å²) in [6.45, 7) is 5.10. The molecule has 40 heavy (non-hydrogen) atoms. The smallest absolute Gasteiger partial charge is 0.264 e. The molecule has 0 aliphatic heterocycles. The molecule has 3 aromatic rings. The number of benzene rings is 3. The van der Waals surface area contributed by atoms with E-state index in [2.05, 4.69) is 5.32 Å². The fourth-order valence-electron chi connectivity index (χ4n) is 4.96. The van der Waals surface area contributed by atoms with E-state index in [0.717, 1.165) is 58.8 Å². The summed E-state index contributed by atoms with van der Waals surface area (Å²) in [6.07, 6.45) is 3.92. The van der Waals surface area contributed by atoms with Crippen molar-refractivity contribution >= 4 is 27.5 Å². The predicted octanol–water partition coefficient (Wildman–Crippen LogP) is 5.11. The van der Waals surface area contributed by atoms with Crippen molar-refractivity contribution in [1.29, 1.82) is 0 Å². The van der Waals surface area contributed by atoms with Gasteiger partial charge in [0.15, 0.2) is 0 Å². The lowest BCUT2D eigenvalue weighted by molar-refractivity contribution is -0.139. The second-order valence-electron chi connectivity index (χ2n) is 10.5. The number of hydrogen-bond donors (Lipinski definition) is 1. The van der Waals surface area contributed by atoms with E-state index in [1.807, 2.05) is 38.1 Å². The van der Waals surface area contributed by atoms with Crippen LogP contribution in [0.1, 0.15) is 49.3 Å². The van der Waals surface area contributed by atoms with E-state index in [4.69, 9.17) is 0 Å². The van der Waals surface area contributed by atoms with Gasteiger partial charge >= 0.3 is 0 Å². The van der Waals surface area contributed by atoms with E-state index in [1.54, 1.807) is 31.2 Å². The Morgan fingerprint density at radius 3 is 2.23 bits per heavy atom. The SMILES string of the molecule is Cc1ccc(N(CC(=O)N(Cc2cccc(C)c2)C(C)C(=O)NC2CCCC2)S(=O)(=O)c2ccc(F)cc2)cc1. The van der Waals surface area contributed by atoms with Gasteiger partial charge in [0.25, 0.3) is 10.0 Å². The summed E-state index contributed by atoms with van der Waals surface area (Å²) >= 11 is 0. The molecule has 1 fully saturated rings. The van der Waals surface area contributed by atoms with Crippen LogP contribution in [0.25, 0.3) is 0 Å². The topological polar surface area (TPSA) is 86.8 Å². The second-order valence-corrected chi connectivity index (χ2v) is 12.3. The van der Waals surface area contributed by atoms with E-state index < -0.39 is 34.3 Å². The number of rotatable bonds is 10. The maximum atomic E-state index is 14.0. The summed E-state index contributed by atoms with van der Waals surface area (Å²) in [5.74, 6) is -1.36. The summed E-state index contributed by atoms with van der Waals surface area (Å²) < 4.78 is 42.2. The molecule has 0 heterocycles. The van der Waals surface area contributed by atoms with E-state index in [1.165, 1.54) is 17.0 Å². The van der Waals surface area contributed by atoms with Crippen molar-refractivity contribution in [3.05, 3.63) is 95.3 Å². The maximum Gasteiger partial charge on any atom is 0.264 e. The Kier molecular flexibility index (Phi) is 9.25. The highest BCUT2D eigenvalue weighted by Crippen LogP contribution is 2.25. The zero-order valence-corrected chi connectivity index (χ0v) is 24.0. The van der Waals surface area contributed by atoms with Crippen molar-refractivity contribution in [3.8, 4) is 0 Å². The molecule has 1 aliphatic carbocycles. The fraction of sp³-hybridized carbons (Fsp3) is 0.355. The van der Waals surface area contributed by atoms with Gasteiger partial charge < -0.3 is 10.2 Å². The third kappa shape index (κ3) is 7.07. The first-order chi connectivity index (χ1) is 19.0. The fourth-order valence-corrected chi connectivity index (χ4v) is 6.37. The van der Waals surface area contributed by atoms with Crippen LogP contribution in [-0.4, -0.2) is 43.8 Å². The summed E-state index contributed by atoms with van der Waals surface area (Å²) in [5.41, 5.74) is 3.06. The number of hydrogen-bond acceptors (Lipinski definition) is 4. The van der Waals surface area contributed by atoms with Crippen LogP contribution in [0.4, 0.5) is 10.1 Å². The quantitative estimate of drug-likeness (QED) is 0.370. The average molecular weight is 566 g/mol. The molecule has 3 aromatic carbocycles. The van der Waals surface area contributed by atoms with Crippen molar-refractivity contribution in [2.24, 2.45) is 0 Å². The Morgan fingerprint density at radius 1 is 0.950 bits per heavy atom. The Labute approximate surface area is 236 Å². The van der Waals surface area contributed by atoms with Crippen LogP contribution in [0.3, 0.4) is 0 Å². The molecule has 1 atom stereocenters.